The average molecular weight is 269 g/mol. The second-order valence-corrected chi connectivity index (χ2v) is 4.28. The predicted molar refractivity (Wildman–Crippen MR) is 77.9 cm³/mol. The van der Waals surface area contributed by atoms with Crippen LogP contribution in [-0.4, -0.2) is 36.2 Å². The quantitative estimate of drug-likeness (QED) is 0.671. The van der Waals surface area contributed by atoms with Gasteiger partial charge in [-0.05, 0) is 17.7 Å². The number of carbonyl (C=O) groups is 1. The Morgan fingerprint density at radius 3 is 2.60 bits per heavy atom. The molecule has 0 aliphatic carbocycles. The normalized spacial score (nSPS) is 10.5. The fraction of sp³-hybridized carbons (Fsp3) is 0.143. The SMILES string of the molecule is CN(C)c1ccc(/C=N\NC(=O)c2cnccn2)cc1. The van der Waals surface area contributed by atoms with Gasteiger partial charge in [0, 0.05) is 32.2 Å². The van der Waals surface area contributed by atoms with Crippen molar-refractivity contribution in [3.63, 3.8) is 0 Å². The molecule has 6 nitrogen and oxygen atoms in total. The molecule has 1 amide bonds. The first kappa shape index (κ1) is 13.7. The van der Waals surface area contributed by atoms with Gasteiger partial charge in [-0.15, -0.1) is 0 Å². The Labute approximate surface area is 117 Å². The largest absolute Gasteiger partial charge is 0.378 e. The molecule has 1 heterocycles. The summed E-state index contributed by atoms with van der Waals surface area (Å²) in [6.07, 6.45) is 5.93. The average Bonchev–Trinajstić information content (AvgIpc) is 2.48. The van der Waals surface area contributed by atoms with E-state index in [-0.39, 0.29) is 11.6 Å². The van der Waals surface area contributed by atoms with Crippen LogP contribution in [0.25, 0.3) is 0 Å². The summed E-state index contributed by atoms with van der Waals surface area (Å²) < 4.78 is 0. The van der Waals surface area contributed by atoms with Crippen molar-refractivity contribution in [3.05, 3.63) is 54.1 Å². The van der Waals surface area contributed by atoms with Gasteiger partial charge in [0.25, 0.3) is 5.91 Å². The van der Waals surface area contributed by atoms with E-state index in [0.29, 0.717) is 0 Å². The summed E-state index contributed by atoms with van der Waals surface area (Å²) >= 11 is 0. The molecule has 0 aliphatic rings. The van der Waals surface area contributed by atoms with Gasteiger partial charge in [0.15, 0.2) is 0 Å². The topological polar surface area (TPSA) is 70.5 Å². The molecule has 0 saturated heterocycles. The molecule has 102 valence electrons. The first-order valence-electron chi connectivity index (χ1n) is 6.03. The van der Waals surface area contributed by atoms with Crippen LogP contribution in [0.3, 0.4) is 0 Å². The van der Waals surface area contributed by atoms with Gasteiger partial charge in [-0.3, -0.25) is 9.78 Å². The third-order valence-electron chi connectivity index (χ3n) is 2.59. The van der Waals surface area contributed by atoms with Gasteiger partial charge in [-0.2, -0.15) is 5.10 Å². The van der Waals surface area contributed by atoms with E-state index in [1.807, 2.05) is 43.3 Å². The number of hydrazone groups is 1. The monoisotopic (exact) mass is 269 g/mol. The lowest BCUT2D eigenvalue weighted by atomic mass is 10.2. The highest BCUT2D eigenvalue weighted by atomic mass is 16.2. The molecule has 0 fully saturated rings. The van der Waals surface area contributed by atoms with E-state index in [1.54, 1.807) is 6.21 Å². The number of hydrogen-bond donors (Lipinski definition) is 1. The summed E-state index contributed by atoms with van der Waals surface area (Å²) in [4.78, 5) is 21.4. The highest BCUT2D eigenvalue weighted by Crippen LogP contribution is 2.10. The molecule has 0 radical (unpaired) electrons. The van der Waals surface area contributed by atoms with Crippen molar-refractivity contribution in [1.82, 2.24) is 15.4 Å². The van der Waals surface area contributed by atoms with Crippen LogP contribution in [0.2, 0.25) is 0 Å². The molecule has 20 heavy (non-hydrogen) atoms. The molecular weight excluding hydrogens is 254 g/mol. The van der Waals surface area contributed by atoms with E-state index in [9.17, 15) is 4.79 Å². The maximum atomic E-state index is 11.6. The van der Waals surface area contributed by atoms with E-state index in [1.165, 1.54) is 18.6 Å². The minimum Gasteiger partial charge on any atom is -0.378 e. The highest BCUT2D eigenvalue weighted by molar-refractivity contribution is 5.92. The number of anilines is 1. The summed E-state index contributed by atoms with van der Waals surface area (Å²) in [5, 5.41) is 3.89. The number of hydrogen-bond acceptors (Lipinski definition) is 5. The lowest BCUT2D eigenvalue weighted by molar-refractivity contribution is 0.0949. The van der Waals surface area contributed by atoms with Gasteiger partial charge in [-0.1, -0.05) is 12.1 Å². The summed E-state index contributed by atoms with van der Waals surface area (Å²) in [7, 11) is 3.95. The van der Waals surface area contributed by atoms with Crippen LogP contribution in [0.5, 0.6) is 0 Å². The van der Waals surface area contributed by atoms with Crippen molar-refractivity contribution in [2.75, 3.05) is 19.0 Å². The zero-order valence-corrected chi connectivity index (χ0v) is 11.3. The molecule has 0 saturated carbocycles. The molecule has 0 unspecified atom stereocenters. The Kier molecular flexibility index (Phi) is 4.39. The van der Waals surface area contributed by atoms with Crippen molar-refractivity contribution in [1.29, 1.82) is 0 Å². The molecule has 2 aromatic rings. The molecule has 0 atom stereocenters. The minimum absolute atomic E-state index is 0.229. The van der Waals surface area contributed by atoms with Crippen molar-refractivity contribution in [2.45, 2.75) is 0 Å². The molecule has 1 aromatic carbocycles. The molecule has 1 aromatic heterocycles. The molecule has 0 spiro atoms. The number of nitrogens with one attached hydrogen (secondary N) is 1. The van der Waals surface area contributed by atoms with Crippen molar-refractivity contribution in [3.8, 4) is 0 Å². The molecule has 0 aliphatic heterocycles. The van der Waals surface area contributed by atoms with E-state index in [0.717, 1.165) is 11.3 Å². The standard InChI is InChI=1S/C14H15N5O/c1-19(2)12-5-3-11(4-6-12)9-17-18-14(20)13-10-15-7-8-16-13/h3-10H,1-2H3,(H,18,20)/b17-9-. The Hall–Kier alpha value is -2.76. The third kappa shape index (κ3) is 3.61. The van der Waals surface area contributed by atoms with Crippen LogP contribution in [0.4, 0.5) is 5.69 Å². The predicted octanol–water partition coefficient (Wildman–Crippen LogP) is 1.31. The Morgan fingerprint density at radius 1 is 1.25 bits per heavy atom. The molecular formula is C14H15N5O. The van der Waals surface area contributed by atoms with Gasteiger partial charge >= 0.3 is 0 Å². The zero-order valence-electron chi connectivity index (χ0n) is 11.3. The number of carbonyl (C=O) groups excluding carboxylic acids is 1. The van der Waals surface area contributed by atoms with E-state index in [2.05, 4.69) is 20.5 Å². The van der Waals surface area contributed by atoms with Crippen LogP contribution in [0, 0.1) is 0 Å². The van der Waals surface area contributed by atoms with Crippen LogP contribution in [0.15, 0.2) is 48.0 Å². The summed E-state index contributed by atoms with van der Waals surface area (Å²) in [6.45, 7) is 0. The van der Waals surface area contributed by atoms with Gasteiger partial charge in [0.2, 0.25) is 0 Å². The number of aromatic nitrogens is 2. The third-order valence-corrected chi connectivity index (χ3v) is 2.59. The molecule has 1 N–H and O–H groups in total. The van der Waals surface area contributed by atoms with E-state index < -0.39 is 0 Å². The lowest BCUT2D eigenvalue weighted by Crippen LogP contribution is -2.19. The van der Waals surface area contributed by atoms with Crippen molar-refractivity contribution < 1.29 is 4.79 Å². The molecule has 6 heteroatoms. The Morgan fingerprint density at radius 2 is 2.00 bits per heavy atom. The fourth-order valence-electron chi connectivity index (χ4n) is 1.50. The second kappa shape index (κ2) is 6.42. The smallest absolute Gasteiger partial charge is 0.291 e. The van der Waals surface area contributed by atoms with Crippen LogP contribution >= 0.6 is 0 Å². The fourth-order valence-corrected chi connectivity index (χ4v) is 1.50. The summed E-state index contributed by atoms with van der Waals surface area (Å²) in [5.74, 6) is -0.390. The molecule has 0 bridgehead atoms. The van der Waals surface area contributed by atoms with Gasteiger partial charge in [0.05, 0.1) is 12.4 Å². The zero-order chi connectivity index (χ0) is 14.4. The van der Waals surface area contributed by atoms with Crippen LogP contribution in [0.1, 0.15) is 16.1 Å². The minimum atomic E-state index is -0.390. The second-order valence-electron chi connectivity index (χ2n) is 4.28. The summed E-state index contributed by atoms with van der Waals surface area (Å²) in [5.41, 5.74) is 4.63. The van der Waals surface area contributed by atoms with Crippen LogP contribution in [-0.2, 0) is 0 Å². The first-order chi connectivity index (χ1) is 9.66. The number of benzene rings is 1. The van der Waals surface area contributed by atoms with Gasteiger partial charge in [0.1, 0.15) is 5.69 Å². The van der Waals surface area contributed by atoms with Crippen LogP contribution < -0.4 is 10.3 Å². The van der Waals surface area contributed by atoms with Gasteiger partial charge in [-0.25, -0.2) is 10.4 Å². The van der Waals surface area contributed by atoms with Crippen molar-refractivity contribution >= 4 is 17.8 Å². The summed E-state index contributed by atoms with van der Waals surface area (Å²) in [6, 6.07) is 7.80. The van der Waals surface area contributed by atoms with Gasteiger partial charge < -0.3 is 4.90 Å². The molecule has 2 rings (SSSR count). The van der Waals surface area contributed by atoms with E-state index >= 15 is 0 Å². The Bertz CT molecular complexity index is 593. The van der Waals surface area contributed by atoms with Crippen molar-refractivity contribution in [2.24, 2.45) is 5.10 Å². The number of nitrogens with zero attached hydrogens (tertiary/aromatic N) is 4. The highest BCUT2D eigenvalue weighted by Gasteiger charge is 2.04. The number of amides is 1. The Balaban J connectivity index is 1.95. The number of rotatable bonds is 4. The first-order valence-corrected chi connectivity index (χ1v) is 6.03. The maximum absolute atomic E-state index is 11.6. The van der Waals surface area contributed by atoms with E-state index in [4.69, 9.17) is 0 Å². The maximum Gasteiger partial charge on any atom is 0.291 e. The lowest BCUT2D eigenvalue weighted by Gasteiger charge is -2.11.